The van der Waals surface area contributed by atoms with Crippen LogP contribution in [0.25, 0.3) is 0 Å². The topological polar surface area (TPSA) is 302 Å². The molecular weight excluding hydrogens is 1610 g/mol. The number of aliphatic hydroxyl groups is 4. The Kier molecular flexibility index (Phi) is 71.5. The molecule has 0 amide bonds. The lowest BCUT2D eigenvalue weighted by atomic mass is 9.77. The van der Waals surface area contributed by atoms with E-state index in [2.05, 4.69) is 27.3 Å². The van der Waals surface area contributed by atoms with E-state index in [1.807, 2.05) is 13.8 Å². The van der Waals surface area contributed by atoms with Crippen LogP contribution in [0.5, 0.6) is 0 Å². The van der Waals surface area contributed by atoms with Gasteiger partial charge in [-0.3, -0.25) is 0 Å². The Labute approximate surface area is 700 Å². The van der Waals surface area contributed by atoms with Crippen molar-refractivity contribution >= 4 is 78.5 Å². The highest BCUT2D eigenvalue weighted by molar-refractivity contribution is 6.80. The Morgan fingerprint density at radius 3 is 0.602 bits per heavy atom. The van der Waals surface area contributed by atoms with E-state index < -0.39 is 101 Å². The van der Waals surface area contributed by atoms with Crippen molar-refractivity contribution in [2.45, 2.75) is 329 Å². The van der Waals surface area contributed by atoms with Crippen LogP contribution in [0, 0.1) is 0 Å². The fourth-order valence-electron chi connectivity index (χ4n) is 14.8. The molecule has 1 atom stereocenters. The van der Waals surface area contributed by atoms with Gasteiger partial charge in [0.15, 0.2) is 0 Å². The van der Waals surface area contributed by atoms with Crippen LogP contribution in [0.15, 0.2) is 0 Å². The van der Waals surface area contributed by atoms with Crippen molar-refractivity contribution in [3.8, 4) is 0 Å². The summed E-state index contributed by atoms with van der Waals surface area (Å²) in [6.45, 7) is 12.8. The molecule has 0 aromatic carbocycles. The van der Waals surface area contributed by atoms with Gasteiger partial charge in [-0.05, 0) is 104 Å². The molecule has 28 nitrogen and oxygen atoms in total. The summed E-state index contributed by atoms with van der Waals surface area (Å²) >= 11 is 0. The van der Waals surface area contributed by atoms with E-state index in [9.17, 15) is 20.4 Å². The molecule has 0 saturated carbocycles. The molecule has 113 heavy (non-hydrogen) atoms. The number of hydrogen-bond donors (Lipinski definition) is 4. The van der Waals surface area contributed by atoms with Gasteiger partial charge in [-0.2, -0.15) is 0 Å². The molecule has 0 rings (SSSR count). The molecular formula is C76H178O28Si9. The summed E-state index contributed by atoms with van der Waals surface area (Å²) < 4.78 is 132. The molecule has 0 aromatic rings. The highest BCUT2D eigenvalue weighted by atomic mass is 28.4. The van der Waals surface area contributed by atoms with Crippen molar-refractivity contribution < 1.29 is 127 Å². The van der Waals surface area contributed by atoms with E-state index in [0.29, 0.717) is 82.0 Å². The molecule has 686 valence electrons. The van der Waals surface area contributed by atoms with E-state index in [-0.39, 0.29) is 0 Å². The zero-order chi connectivity index (χ0) is 87.2. The van der Waals surface area contributed by atoms with E-state index >= 15 is 0 Å². The normalized spacial score (nSPS) is 13.9. The first-order chi connectivity index (χ1) is 53.5. The van der Waals surface area contributed by atoms with Crippen molar-refractivity contribution in [3.05, 3.63) is 0 Å². The van der Waals surface area contributed by atoms with Crippen LogP contribution < -0.4 is 0 Å². The minimum atomic E-state index is -2.72. The fourth-order valence-corrected chi connectivity index (χ4v) is 35.1. The van der Waals surface area contributed by atoms with Crippen LogP contribution >= 0.6 is 0 Å². The monoisotopic (exact) mass is 1790 g/mol. The minimum absolute atomic E-state index is 0.350. The molecule has 4 N–H and O–H groups in total. The minimum Gasteiger partial charge on any atom is -0.390 e. The molecule has 0 bridgehead atoms. The van der Waals surface area contributed by atoms with Crippen LogP contribution in [0.2, 0.25) is 73.0 Å². The highest BCUT2D eigenvalue weighted by Gasteiger charge is 2.47. The Morgan fingerprint density at radius 2 is 0.372 bits per heavy atom. The lowest BCUT2D eigenvalue weighted by molar-refractivity contribution is -0.0830. The molecule has 0 spiro atoms. The molecule has 0 radical (unpaired) electrons. The summed E-state index contributed by atoms with van der Waals surface area (Å²) in [6.07, 6.45) is 29.0. The van der Waals surface area contributed by atoms with Gasteiger partial charge in [-0.1, -0.05) is 148 Å². The van der Waals surface area contributed by atoms with Crippen LogP contribution in [0.3, 0.4) is 0 Å². The highest BCUT2D eigenvalue weighted by Crippen LogP contribution is 2.39. The van der Waals surface area contributed by atoms with E-state index in [0.717, 1.165) is 114 Å². The second-order valence-electron chi connectivity index (χ2n) is 30.8. The summed E-state index contributed by atoms with van der Waals surface area (Å²) in [5, 5.41) is 44.5. The van der Waals surface area contributed by atoms with Crippen molar-refractivity contribution in [1.29, 1.82) is 0 Å². The second-order valence-corrected chi connectivity index (χ2v) is 60.6. The largest absolute Gasteiger partial charge is 0.500 e. The smallest absolute Gasteiger partial charge is 0.390 e. The lowest BCUT2D eigenvalue weighted by Crippen LogP contribution is -2.45. The molecule has 0 saturated heterocycles. The van der Waals surface area contributed by atoms with E-state index in [1.165, 1.54) is 69.9 Å². The van der Waals surface area contributed by atoms with Crippen molar-refractivity contribution in [1.82, 2.24) is 0 Å². The van der Waals surface area contributed by atoms with Gasteiger partial charge >= 0.3 is 70.4 Å². The molecule has 0 heterocycles. The average molecular weight is 1790 g/mol. The molecule has 0 aliphatic heterocycles. The van der Waals surface area contributed by atoms with Crippen LogP contribution in [0.1, 0.15) is 234 Å². The predicted molar refractivity (Wildman–Crippen MR) is 470 cm³/mol. The van der Waals surface area contributed by atoms with Crippen LogP contribution in [-0.4, -0.2) is 292 Å². The van der Waals surface area contributed by atoms with Gasteiger partial charge in [0.05, 0.1) is 30.5 Å². The van der Waals surface area contributed by atoms with Gasteiger partial charge in [-0.15, -0.1) is 0 Å². The Hall–Kier alpha value is 0.832. The van der Waals surface area contributed by atoms with Gasteiger partial charge < -0.3 is 127 Å². The maximum atomic E-state index is 11.8. The first kappa shape index (κ1) is 120. The first-order valence-corrected chi connectivity index (χ1v) is 60.2. The average Bonchev–Trinajstić information content (AvgIpc) is 0.832. The quantitative estimate of drug-likeness (QED) is 0.0325. The summed E-state index contributed by atoms with van der Waals surface area (Å²) in [7, 11) is 17.6. The number of hydrogen-bond acceptors (Lipinski definition) is 28. The van der Waals surface area contributed by atoms with Gasteiger partial charge in [0.1, 0.15) is 0 Å². The van der Waals surface area contributed by atoms with Gasteiger partial charge in [0.25, 0.3) is 0 Å². The summed E-state index contributed by atoms with van der Waals surface area (Å²) in [6, 6.07) is 9.77. The van der Waals surface area contributed by atoms with Gasteiger partial charge in [-0.25, -0.2) is 0 Å². The SMILES string of the molecule is CCCCC(O)(CCCC)CC(O)(CCC[Si](OC)(OC)OC)CCC[Si](OC)(OC)OC.CCC[Si](C)(CCC[Si](OC)(OC)OC)CC[Si](OC)(OC)OC.CO[Si](CCCC(C)(O)CCC[Si](OC)(OC)OC)(OC)OC.CO[Si](CCCCCCCCC(C)(O)CCCCCCCC[Si](OC)(OC)OC)(OC)OC. The zero-order valence-electron chi connectivity index (χ0n) is 77.8. The summed E-state index contributed by atoms with van der Waals surface area (Å²) in [4.78, 5) is 0. The second kappa shape index (κ2) is 67.3. The standard InChI is InChI=1S/C24H54O7Si2.C23H52O8Si2.C15H38O6Si3.C14H34O7Si2/c1-24(25,20-16-12-8-10-14-18-22-32(26-2,27-3)28-4)21-17-13-9-11-15-19-23-33(29-5,30-6)31-7;1-9-11-15-22(24,16-12-10-2)21-23(25,17-13-19-32(26-3,27-4)28-5)18-14-20-33(29-6,30-7)31-8;1-9-11-22(8,14-15-24(19-5,20-6)21-7)12-10-13-23(16-2,17-3)18-4;1-14(15,10-8-12-22(16-2,17-3)18-4)11-9-13-23(19-5,20-6)21-7/h25H,8-23H2,1-7H3;24-25H,9-21H2,1-8H3;9-15H2,1-8H3;15H,8-13H2,1-7H3. The number of unbranched alkanes of at least 4 members (excludes halogenated alkanes) is 12. The molecule has 1 unspecified atom stereocenters. The third-order valence-corrected chi connectivity index (χ3v) is 50.6. The van der Waals surface area contributed by atoms with E-state index in [4.69, 9.17) is 106 Å². The molecule has 0 aromatic heterocycles. The molecule has 0 aliphatic carbocycles. The lowest BCUT2D eigenvalue weighted by Gasteiger charge is -2.39. The number of rotatable bonds is 75. The summed E-state index contributed by atoms with van der Waals surface area (Å²) in [5.41, 5.74) is -3.19. The van der Waals surface area contributed by atoms with Crippen molar-refractivity contribution in [2.75, 3.05) is 171 Å². The molecule has 37 heteroatoms. The first-order valence-electron chi connectivity index (χ1n) is 41.6. The van der Waals surface area contributed by atoms with Crippen molar-refractivity contribution in [3.63, 3.8) is 0 Å². The zero-order valence-corrected chi connectivity index (χ0v) is 86.8. The third-order valence-electron chi connectivity index (χ3n) is 22.8. The maximum Gasteiger partial charge on any atom is 0.500 e. The predicted octanol–water partition coefficient (Wildman–Crippen LogP) is 16.2. The fraction of sp³-hybridized carbons (Fsp3) is 1.00. The van der Waals surface area contributed by atoms with Gasteiger partial charge in [0.2, 0.25) is 0 Å². The summed E-state index contributed by atoms with van der Waals surface area (Å²) in [5.74, 6) is 0. The third kappa shape index (κ3) is 50.4. The Bertz CT molecular complexity index is 1970. The van der Waals surface area contributed by atoms with Crippen molar-refractivity contribution in [2.24, 2.45) is 0 Å². The van der Waals surface area contributed by atoms with Crippen LogP contribution in [-0.2, 0) is 106 Å². The maximum absolute atomic E-state index is 11.8. The Morgan fingerprint density at radius 1 is 0.186 bits per heavy atom. The molecule has 0 aliphatic rings. The van der Waals surface area contributed by atoms with E-state index in [1.54, 1.807) is 171 Å². The van der Waals surface area contributed by atoms with Crippen LogP contribution in [0.4, 0.5) is 0 Å². The van der Waals surface area contributed by atoms with Gasteiger partial charge in [0, 0.05) is 225 Å². The molecule has 0 fully saturated rings. The Balaban J connectivity index is -0.000000710.